The Morgan fingerprint density at radius 1 is 1.07 bits per heavy atom. The lowest BCUT2D eigenvalue weighted by Crippen LogP contribution is -2.47. The predicted molar refractivity (Wildman–Crippen MR) is 113 cm³/mol. The maximum Gasteiger partial charge on any atom is 0.410 e. The van der Waals surface area contributed by atoms with Crippen molar-refractivity contribution in [1.82, 2.24) is 9.80 Å². The van der Waals surface area contributed by atoms with E-state index in [9.17, 15) is 9.59 Å². The molecule has 0 unspecified atom stereocenters. The Labute approximate surface area is 173 Å². The Kier molecular flexibility index (Phi) is 6.70. The number of aryl methyl sites for hydroxylation is 1. The number of halogens is 1. The van der Waals surface area contributed by atoms with Crippen molar-refractivity contribution in [2.45, 2.75) is 13.5 Å². The lowest BCUT2D eigenvalue weighted by Gasteiger charge is -2.31. The minimum absolute atomic E-state index is 0.184. The van der Waals surface area contributed by atoms with E-state index in [1.807, 2.05) is 32.2 Å². The molecule has 1 aliphatic rings. The van der Waals surface area contributed by atoms with Crippen LogP contribution in [0.2, 0.25) is 0 Å². The Morgan fingerprint density at radius 3 is 2.39 bits per heavy atom. The highest BCUT2D eigenvalue weighted by molar-refractivity contribution is 9.10. The minimum Gasteiger partial charge on any atom is -0.445 e. The molecule has 0 bridgehead atoms. The summed E-state index contributed by atoms with van der Waals surface area (Å²) < 4.78 is 6.33. The highest BCUT2D eigenvalue weighted by Gasteiger charge is 2.20. The van der Waals surface area contributed by atoms with Gasteiger partial charge in [0.2, 0.25) is 0 Å². The van der Waals surface area contributed by atoms with Gasteiger partial charge in [0.1, 0.15) is 6.61 Å². The number of nitrogens with one attached hydrogen (secondary N) is 1. The first-order valence-electron chi connectivity index (χ1n) is 9.19. The number of benzene rings is 2. The predicted octanol–water partition coefficient (Wildman–Crippen LogP) is 3.89. The summed E-state index contributed by atoms with van der Waals surface area (Å²) in [5, 5.41) is 2.88. The number of likely N-dealkylation sites (N-methyl/N-ethyl adjacent to an activating group) is 1. The summed E-state index contributed by atoms with van der Waals surface area (Å²) in [6, 6.07) is 12.8. The van der Waals surface area contributed by atoms with Gasteiger partial charge < -0.3 is 19.9 Å². The average Bonchev–Trinajstić information content (AvgIpc) is 2.70. The molecular weight excluding hydrogens is 422 g/mol. The number of hydrogen-bond acceptors (Lipinski definition) is 4. The molecule has 2 amide bonds. The van der Waals surface area contributed by atoms with Gasteiger partial charge in [0, 0.05) is 41.9 Å². The SMILES string of the molecule is Cc1ccc(NC(=O)c2ccc(COC(=O)N3CCN(C)CC3)cc2)cc1Br. The van der Waals surface area contributed by atoms with E-state index in [2.05, 4.69) is 26.1 Å². The van der Waals surface area contributed by atoms with E-state index in [-0.39, 0.29) is 18.6 Å². The normalized spacial score (nSPS) is 14.6. The van der Waals surface area contributed by atoms with Crippen LogP contribution in [0.3, 0.4) is 0 Å². The van der Waals surface area contributed by atoms with Gasteiger partial charge in [-0.25, -0.2) is 4.79 Å². The van der Waals surface area contributed by atoms with Crippen LogP contribution in [0.15, 0.2) is 46.9 Å². The van der Waals surface area contributed by atoms with Crippen molar-refractivity contribution in [2.24, 2.45) is 0 Å². The lowest BCUT2D eigenvalue weighted by molar-refractivity contribution is 0.0768. The number of amides is 2. The third kappa shape index (κ3) is 5.33. The molecule has 6 nitrogen and oxygen atoms in total. The second-order valence-corrected chi connectivity index (χ2v) is 7.81. The van der Waals surface area contributed by atoms with Crippen LogP contribution in [0.1, 0.15) is 21.5 Å². The van der Waals surface area contributed by atoms with Crippen molar-refractivity contribution in [3.8, 4) is 0 Å². The number of rotatable bonds is 4. The smallest absolute Gasteiger partial charge is 0.410 e. The zero-order valence-electron chi connectivity index (χ0n) is 16.1. The summed E-state index contributed by atoms with van der Waals surface area (Å²) in [6.45, 7) is 5.27. The first-order valence-corrected chi connectivity index (χ1v) is 9.98. The molecule has 0 aliphatic carbocycles. The van der Waals surface area contributed by atoms with Gasteiger partial charge in [-0.05, 0) is 49.4 Å². The van der Waals surface area contributed by atoms with Crippen molar-refractivity contribution in [2.75, 3.05) is 38.5 Å². The van der Waals surface area contributed by atoms with Crippen molar-refractivity contribution >= 4 is 33.6 Å². The standard InChI is InChI=1S/C21H24BrN3O3/c1-15-3-8-18(13-19(15)22)23-20(26)17-6-4-16(5-7-17)14-28-21(27)25-11-9-24(2)10-12-25/h3-8,13H,9-12,14H2,1-2H3,(H,23,26). The molecule has 0 radical (unpaired) electrons. The van der Waals surface area contributed by atoms with Gasteiger partial charge in [-0.1, -0.05) is 34.1 Å². The molecule has 0 atom stereocenters. The van der Waals surface area contributed by atoms with E-state index in [1.165, 1.54) is 0 Å². The fourth-order valence-corrected chi connectivity index (χ4v) is 3.23. The van der Waals surface area contributed by atoms with Gasteiger partial charge in [-0.2, -0.15) is 0 Å². The summed E-state index contributed by atoms with van der Waals surface area (Å²) in [7, 11) is 2.04. The molecule has 0 saturated carbocycles. The topological polar surface area (TPSA) is 61.9 Å². The second-order valence-electron chi connectivity index (χ2n) is 6.96. The number of piperazine rings is 1. The fraction of sp³-hybridized carbons (Fsp3) is 0.333. The molecule has 0 aromatic heterocycles. The number of anilines is 1. The van der Waals surface area contributed by atoms with Gasteiger partial charge >= 0.3 is 6.09 Å². The molecule has 1 fully saturated rings. The van der Waals surface area contributed by atoms with Gasteiger partial charge in [-0.15, -0.1) is 0 Å². The van der Waals surface area contributed by atoms with Crippen LogP contribution in [-0.4, -0.2) is 55.0 Å². The molecule has 1 saturated heterocycles. The molecule has 2 aromatic carbocycles. The van der Waals surface area contributed by atoms with Crippen LogP contribution in [0.4, 0.5) is 10.5 Å². The zero-order chi connectivity index (χ0) is 20.1. The van der Waals surface area contributed by atoms with E-state index in [0.29, 0.717) is 18.7 Å². The lowest BCUT2D eigenvalue weighted by atomic mass is 10.1. The van der Waals surface area contributed by atoms with Crippen LogP contribution >= 0.6 is 15.9 Å². The van der Waals surface area contributed by atoms with Crippen LogP contribution in [-0.2, 0) is 11.3 Å². The number of carbonyl (C=O) groups excluding carboxylic acids is 2. The first-order chi connectivity index (χ1) is 13.4. The molecule has 7 heteroatoms. The highest BCUT2D eigenvalue weighted by atomic mass is 79.9. The Morgan fingerprint density at radius 2 is 1.75 bits per heavy atom. The maximum atomic E-state index is 12.4. The van der Waals surface area contributed by atoms with Crippen LogP contribution < -0.4 is 5.32 Å². The summed E-state index contributed by atoms with van der Waals surface area (Å²) >= 11 is 3.46. The fourth-order valence-electron chi connectivity index (χ4n) is 2.85. The average molecular weight is 446 g/mol. The molecule has 148 valence electrons. The summed E-state index contributed by atoms with van der Waals surface area (Å²) in [4.78, 5) is 28.4. The number of nitrogens with zero attached hydrogens (tertiary/aromatic N) is 2. The van der Waals surface area contributed by atoms with Crippen molar-refractivity contribution in [3.63, 3.8) is 0 Å². The quantitative estimate of drug-likeness (QED) is 0.774. The molecule has 28 heavy (non-hydrogen) atoms. The van der Waals surface area contributed by atoms with E-state index in [1.54, 1.807) is 29.2 Å². The van der Waals surface area contributed by atoms with Gasteiger partial charge in [0.25, 0.3) is 5.91 Å². The van der Waals surface area contributed by atoms with Crippen molar-refractivity contribution < 1.29 is 14.3 Å². The number of hydrogen-bond donors (Lipinski definition) is 1. The molecule has 2 aromatic rings. The molecule has 1 heterocycles. The van der Waals surface area contributed by atoms with E-state index in [4.69, 9.17) is 4.74 Å². The van der Waals surface area contributed by atoms with E-state index in [0.717, 1.165) is 34.4 Å². The van der Waals surface area contributed by atoms with Crippen LogP contribution in [0, 0.1) is 6.92 Å². The summed E-state index contributed by atoms with van der Waals surface area (Å²) in [6.07, 6.45) is -0.292. The Hall–Kier alpha value is -2.38. The van der Waals surface area contributed by atoms with E-state index >= 15 is 0 Å². The van der Waals surface area contributed by atoms with Crippen LogP contribution in [0.5, 0.6) is 0 Å². The Balaban J connectivity index is 1.52. The van der Waals surface area contributed by atoms with Gasteiger partial charge in [0.15, 0.2) is 0 Å². The largest absolute Gasteiger partial charge is 0.445 e. The minimum atomic E-state index is -0.292. The second kappa shape index (κ2) is 9.21. The van der Waals surface area contributed by atoms with Gasteiger partial charge in [-0.3, -0.25) is 4.79 Å². The molecule has 1 N–H and O–H groups in total. The third-order valence-corrected chi connectivity index (χ3v) is 5.62. The molecule has 3 rings (SSSR count). The maximum absolute atomic E-state index is 12.4. The van der Waals surface area contributed by atoms with Gasteiger partial charge in [0.05, 0.1) is 0 Å². The summed E-state index contributed by atoms with van der Waals surface area (Å²) in [5.74, 6) is -0.184. The number of carbonyl (C=O) groups is 2. The molecule has 0 spiro atoms. The summed E-state index contributed by atoms with van der Waals surface area (Å²) in [5.41, 5.74) is 3.23. The Bertz CT molecular complexity index is 846. The zero-order valence-corrected chi connectivity index (χ0v) is 17.7. The molecular formula is C21H24BrN3O3. The van der Waals surface area contributed by atoms with Crippen molar-refractivity contribution in [3.05, 3.63) is 63.6 Å². The monoisotopic (exact) mass is 445 g/mol. The highest BCUT2D eigenvalue weighted by Crippen LogP contribution is 2.21. The first kappa shape index (κ1) is 20.4. The van der Waals surface area contributed by atoms with Crippen molar-refractivity contribution in [1.29, 1.82) is 0 Å². The van der Waals surface area contributed by atoms with E-state index < -0.39 is 0 Å². The molecule has 1 aliphatic heterocycles. The number of ether oxygens (including phenoxy) is 1. The van der Waals surface area contributed by atoms with Crippen LogP contribution in [0.25, 0.3) is 0 Å². The third-order valence-electron chi connectivity index (χ3n) is 4.77.